The van der Waals surface area contributed by atoms with Gasteiger partial charge in [0.25, 0.3) is 0 Å². The number of anilines is 1. The maximum atomic E-state index is 12.0. The number of benzene rings is 1. The third-order valence-corrected chi connectivity index (χ3v) is 5.33. The van der Waals surface area contributed by atoms with Gasteiger partial charge in [-0.05, 0) is 43.2 Å². The molecule has 29 heavy (non-hydrogen) atoms. The van der Waals surface area contributed by atoms with Gasteiger partial charge in [0.15, 0.2) is 17.1 Å². The van der Waals surface area contributed by atoms with Gasteiger partial charge in [0.2, 0.25) is 0 Å². The number of ether oxygens (including phenoxy) is 1. The number of carboxylic acid groups (broad SMARTS) is 1. The van der Waals surface area contributed by atoms with E-state index in [-0.39, 0.29) is 17.1 Å². The summed E-state index contributed by atoms with van der Waals surface area (Å²) in [7, 11) is 1.56. The van der Waals surface area contributed by atoms with Crippen molar-refractivity contribution >= 4 is 11.8 Å². The predicted octanol–water partition coefficient (Wildman–Crippen LogP) is 2.93. The number of piperidine rings is 1. The summed E-state index contributed by atoms with van der Waals surface area (Å²) < 4.78 is 10.6. The number of aliphatic hydroxyl groups is 1. The highest BCUT2D eigenvalue weighted by molar-refractivity contribution is 5.99. The highest BCUT2D eigenvalue weighted by Crippen LogP contribution is 2.37. The van der Waals surface area contributed by atoms with E-state index >= 15 is 0 Å². The molecule has 1 saturated heterocycles. The second kappa shape index (κ2) is 7.56. The summed E-state index contributed by atoms with van der Waals surface area (Å²) in [6.45, 7) is 0.889. The molecule has 0 radical (unpaired) electrons. The molecule has 0 spiro atoms. The quantitative estimate of drug-likeness (QED) is 0.679. The molecule has 1 aliphatic rings. The first kappa shape index (κ1) is 18.9. The van der Waals surface area contributed by atoms with Crippen LogP contribution in [0, 0.1) is 0 Å². The number of aromatic nitrogens is 2. The van der Waals surface area contributed by atoms with E-state index in [4.69, 9.17) is 9.26 Å². The van der Waals surface area contributed by atoms with E-state index in [1.807, 2.05) is 11.0 Å². The average Bonchev–Trinajstić information content (AvgIpc) is 3.20. The normalized spacial score (nSPS) is 15.9. The summed E-state index contributed by atoms with van der Waals surface area (Å²) in [6, 6.07) is 10.6. The lowest BCUT2D eigenvalue weighted by Gasteiger charge is -2.38. The van der Waals surface area contributed by atoms with E-state index in [1.54, 1.807) is 49.8 Å². The van der Waals surface area contributed by atoms with Gasteiger partial charge in [-0.2, -0.15) is 0 Å². The molecule has 0 amide bonds. The van der Waals surface area contributed by atoms with Crippen molar-refractivity contribution in [3.63, 3.8) is 0 Å². The van der Waals surface area contributed by atoms with Gasteiger partial charge in [-0.25, -0.2) is 4.79 Å². The Balaban J connectivity index is 1.60. The first-order valence-corrected chi connectivity index (χ1v) is 9.27. The molecule has 0 unspecified atom stereocenters. The zero-order valence-corrected chi connectivity index (χ0v) is 15.9. The number of carbonyl (C=O) groups is 1. The van der Waals surface area contributed by atoms with Crippen molar-refractivity contribution in [2.45, 2.75) is 18.4 Å². The summed E-state index contributed by atoms with van der Waals surface area (Å²) in [5.74, 6) is 0.0241. The Bertz CT molecular complexity index is 993. The number of pyridine rings is 1. The molecule has 1 aromatic carbocycles. The summed E-state index contributed by atoms with van der Waals surface area (Å²) in [4.78, 5) is 17.9. The molecule has 1 fully saturated rings. The number of hydrogen-bond donors (Lipinski definition) is 2. The maximum absolute atomic E-state index is 12.0. The molecule has 8 nitrogen and oxygen atoms in total. The maximum Gasteiger partial charge on any atom is 0.343 e. The molecule has 150 valence electrons. The van der Waals surface area contributed by atoms with E-state index in [0.717, 1.165) is 5.56 Å². The fourth-order valence-electron chi connectivity index (χ4n) is 3.64. The Morgan fingerprint density at radius 2 is 1.93 bits per heavy atom. The van der Waals surface area contributed by atoms with Crippen LogP contribution in [0.5, 0.6) is 5.75 Å². The summed E-state index contributed by atoms with van der Waals surface area (Å²) in [5.41, 5.74) is 0.390. The van der Waals surface area contributed by atoms with Gasteiger partial charge in [0.05, 0.1) is 12.7 Å². The van der Waals surface area contributed by atoms with Crippen LogP contribution in [0.4, 0.5) is 5.82 Å². The fraction of sp³-hybridized carbons (Fsp3) is 0.286. The van der Waals surface area contributed by atoms with Gasteiger partial charge in [-0.3, -0.25) is 4.98 Å². The Labute approximate surface area is 167 Å². The molecule has 3 heterocycles. The van der Waals surface area contributed by atoms with Crippen LogP contribution in [0.3, 0.4) is 0 Å². The van der Waals surface area contributed by atoms with E-state index in [2.05, 4.69) is 10.1 Å². The molecule has 0 bridgehead atoms. The van der Waals surface area contributed by atoms with Crippen molar-refractivity contribution in [1.29, 1.82) is 0 Å². The van der Waals surface area contributed by atoms with Gasteiger partial charge >= 0.3 is 5.97 Å². The van der Waals surface area contributed by atoms with Crippen LogP contribution in [-0.2, 0) is 5.60 Å². The van der Waals surface area contributed by atoms with Crippen molar-refractivity contribution in [3.8, 4) is 17.1 Å². The standard InChI is InChI=1S/C21H21N3O5/c1-28-16-6-4-14(5-7-16)18-17(20(25)26)19(23-29-18)24-11-8-21(27,9-12-24)15-3-2-10-22-13-15/h2-7,10,13,27H,8-9,11-12H2,1H3,(H,25,26). The van der Waals surface area contributed by atoms with Crippen LogP contribution in [0.1, 0.15) is 28.8 Å². The lowest BCUT2D eigenvalue weighted by molar-refractivity contribution is 0.0112. The highest BCUT2D eigenvalue weighted by atomic mass is 16.5. The van der Waals surface area contributed by atoms with Gasteiger partial charge in [-0.15, -0.1) is 0 Å². The average molecular weight is 395 g/mol. The smallest absolute Gasteiger partial charge is 0.343 e. The van der Waals surface area contributed by atoms with E-state index in [9.17, 15) is 15.0 Å². The number of carboxylic acids is 1. The van der Waals surface area contributed by atoms with E-state index < -0.39 is 11.6 Å². The van der Waals surface area contributed by atoms with Crippen LogP contribution >= 0.6 is 0 Å². The second-order valence-electron chi connectivity index (χ2n) is 7.00. The Morgan fingerprint density at radius 1 is 1.21 bits per heavy atom. The topological polar surface area (TPSA) is 109 Å². The van der Waals surface area contributed by atoms with E-state index in [0.29, 0.717) is 37.2 Å². The molecule has 0 atom stereocenters. The highest BCUT2D eigenvalue weighted by Gasteiger charge is 2.37. The third kappa shape index (κ3) is 3.54. The molecule has 8 heteroatoms. The Morgan fingerprint density at radius 3 is 2.52 bits per heavy atom. The minimum absolute atomic E-state index is 0.0157. The van der Waals surface area contributed by atoms with Crippen molar-refractivity contribution < 1.29 is 24.3 Å². The zero-order chi connectivity index (χ0) is 20.4. The number of hydrogen-bond acceptors (Lipinski definition) is 7. The summed E-state index contributed by atoms with van der Waals surface area (Å²) in [5, 5.41) is 24.8. The molecular formula is C21H21N3O5. The molecule has 2 N–H and O–H groups in total. The van der Waals surface area contributed by atoms with Crippen LogP contribution in [0.2, 0.25) is 0 Å². The number of aromatic carboxylic acids is 1. The minimum atomic E-state index is -1.11. The van der Waals surface area contributed by atoms with Crippen molar-refractivity contribution in [1.82, 2.24) is 10.1 Å². The number of methoxy groups -OCH3 is 1. The molecule has 1 aliphatic heterocycles. The lowest BCUT2D eigenvalue weighted by atomic mass is 9.85. The molecule has 0 aliphatic carbocycles. The molecular weight excluding hydrogens is 374 g/mol. The van der Waals surface area contributed by atoms with Crippen molar-refractivity contribution in [3.05, 3.63) is 59.9 Å². The predicted molar refractivity (Wildman–Crippen MR) is 105 cm³/mol. The van der Waals surface area contributed by atoms with Crippen LogP contribution in [-0.4, -0.2) is 46.5 Å². The lowest BCUT2D eigenvalue weighted by Crippen LogP contribution is -2.43. The monoisotopic (exact) mass is 395 g/mol. The second-order valence-corrected chi connectivity index (χ2v) is 7.00. The summed E-state index contributed by atoms with van der Waals surface area (Å²) in [6.07, 6.45) is 4.19. The SMILES string of the molecule is COc1ccc(-c2onc(N3CCC(O)(c4cccnc4)CC3)c2C(=O)O)cc1. The number of nitrogens with zero attached hydrogens (tertiary/aromatic N) is 3. The first-order chi connectivity index (χ1) is 14.0. The van der Waals surface area contributed by atoms with Crippen molar-refractivity contribution in [2.75, 3.05) is 25.1 Å². The van der Waals surface area contributed by atoms with Gasteiger partial charge < -0.3 is 24.4 Å². The molecule has 0 saturated carbocycles. The molecule has 4 rings (SSSR count). The zero-order valence-electron chi connectivity index (χ0n) is 15.9. The minimum Gasteiger partial charge on any atom is -0.497 e. The van der Waals surface area contributed by atoms with Gasteiger partial charge in [-0.1, -0.05) is 11.2 Å². The Hall–Kier alpha value is -3.39. The Kier molecular flexibility index (Phi) is 4.94. The molecule has 3 aromatic rings. The van der Waals surface area contributed by atoms with Crippen LogP contribution in [0.15, 0.2) is 53.3 Å². The fourth-order valence-corrected chi connectivity index (χ4v) is 3.64. The van der Waals surface area contributed by atoms with Crippen molar-refractivity contribution in [2.24, 2.45) is 0 Å². The van der Waals surface area contributed by atoms with E-state index in [1.165, 1.54) is 0 Å². The largest absolute Gasteiger partial charge is 0.497 e. The van der Waals surface area contributed by atoms with Crippen LogP contribution in [0.25, 0.3) is 11.3 Å². The van der Waals surface area contributed by atoms with Gasteiger partial charge in [0.1, 0.15) is 5.75 Å². The molecule has 2 aromatic heterocycles. The van der Waals surface area contributed by atoms with Gasteiger partial charge in [0, 0.05) is 36.6 Å². The number of rotatable bonds is 5. The first-order valence-electron chi connectivity index (χ1n) is 9.27. The van der Waals surface area contributed by atoms with Crippen LogP contribution < -0.4 is 9.64 Å². The summed E-state index contributed by atoms with van der Waals surface area (Å²) >= 11 is 0. The third-order valence-electron chi connectivity index (χ3n) is 5.33.